The zero-order chi connectivity index (χ0) is 32.7. The van der Waals surface area contributed by atoms with Gasteiger partial charge >= 0.3 is 30.7 Å². The highest BCUT2D eigenvalue weighted by Crippen LogP contribution is 2.46. The predicted octanol–water partition coefficient (Wildman–Crippen LogP) is 8.98. The molecule has 2 amide bonds. The van der Waals surface area contributed by atoms with Crippen molar-refractivity contribution in [1.29, 1.82) is 0 Å². The summed E-state index contributed by atoms with van der Waals surface area (Å²) in [5, 5.41) is 0. The zero-order valence-electron chi connectivity index (χ0n) is 23.7. The molecule has 43 heavy (non-hydrogen) atoms. The molecular weight excluding hydrogens is 599 g/mol. The molecule has 2 unspecified atom stereocenters. The molecule has 1 aliphatic rings. The number of methoxy groups -OCH3 is 1. The van der Waals surface area contributed by atoms with Gasteiger partial charge in [-0.2, -0.15) is 39.5 Å². The minimum atomic E-state index is -5.17. The molecule has 0 spiro atoms. The number of ether oxygens (including phenoxy) is 2. The minimum Gasteiger partial charge on any atom is -0.453 e. The second-order valence-corrected chi connectivity index (χ2v) is 10.9. The molecule has 0 N–H and O–H groups in total. The summed E-state index contributed by atoms with van der Waals surface area (Å²) in [6, 6.07) is 1.04. The molecule has 0 fully saturated rings. The third kappa shape index (κ3) is 7.85. The monoisotopic (exact) mass is 628 g/mol. The Morgan fingerprint density at radius 3 is 1.84 bits per heavy atom. The van der Waals surface area contributed by atoms with Crippen LogP contribution < -0.4 is 4.90 Å². The first-order chi connectivity index (χ1) is 19.6. The summed E-state index contributed by atoms with van der Waals surface area (Å²) in [6.07, 6.45) is -17.4. The van der Waals surface area contributed by atoms with Crippen LogP contribution in [-0.2, 0) is 34.5 Å². The van der Waals surface area contributed by atoms with Gasteiger partial charge < -0.3 is 9.47 Å². The van der Waals surface area contributed by atoms with Gasteiger partial charge in [0.1, 0.15) is 5.60 Å². The Hall–Kier alpha value is -3.65. The number of hydrogen-bond donors (Lipinski definition) is 0. The van der Waals surface area contributed by atoms with Crippen molar-refractivity contribution in [1.82, 2.24) is 4.90 Å². The molecule has 3 rings (SSSR count). The molecule has 2 atom stereocenters. The summed E-state index contributed by atoms with van der Waals surface area (Å²) in [5.41, 5.74) is -6.29. The van der Waals surface area contributed by atoms with E-state index in [4.69, 9.17) is 9.47 Å². The summed E-state index contributed by atoms with van der Waals surface area (Å²) in [7, 11) is 0.906. The Labute approximate surface area is 241 Å². The summed E-state index contributed by atoms with van der Waals surface area (Å²) < 4.78 is 133. The van der Waals surface area contributed by atoms with Crippen molar-refractivity contribution in [2.75, 3.05) is 12.0 Å². The van der Waals surface area contributed by atoms with Gasteiger partial charge in [-0.15, -0.1) is 0 Å². The standard InChI is InChI=1S/C28H29F9N2O4/c1-6-19-13-22(20-12-16(26(29,30)31)7-8-21(20)39(19)24(41)43-25(2,3)4)38(23(40)42-5)14-15-9-17(27(32,33)34)11-18(10-15)28(35,36)37/h7-12,19,22H,6,13-14H2,1-5H3. The Kier molecular flexibility index (Phi) is 9.28. The van der Waals surface area contributed by atoms with Gasteiger partial charge in [-0.25, -0.2) is 9.59 Å². The number of carbonyl (C=O) groups is 2. The Morgan fingerprint density at radius 2 is 1.40 bits per heavy atom. The van der Waals surface area contributed by atoms with E-state index in [-0.39, 0.29) is 30.2 Å². The van der Waals surface area contributed by atoms with Crippen molar-refractivity contribution < 1.29 is 58.6 Å². The number of carbonyl (C=O) groups excluding carboxylic acids is 2. The van der Waals surface area contributed by atoms with Crippen molar-refractivity contribution in [3.63, 3.8) is 0 Å². The molecule has 0 aromatic heterocycles. The summed E-state index contributed by atoms with van der Waals surface area (Å²) in [5.74, 6) is 0. The number of benzene rings is 2. The van der Waals surface area contributed by atoms with E-state index in [9.17, 15) is 49.1 Å². The SMILES string of the molecule is CCC1CC(N(Cc2cc(C(F)(F)F)cc(C(F)(F)F)c2)C(=O)OC)c2cc(C(F)(F)F)ccc2N1C(=O)OC(C)(C)C. The average molecular weight is 629 g/mol. The maximum absolute atomic E-state index is 13.8. The molecule has 15 heteroatoms. The average Bonchev–Trinajstić information content (AvgIpc) is 2.87. The fraction of sp³-hybridized carbons (Fsp3) is 0.500. The Balaban J connectivity index is 2.24. The normalized spacial score (nSPS) is 17.8. The predicted molar refractivity (Wildman–Crippen MR) is 136 cm³/mol. The summed E-state index contributed by atoms with van der Waals surface area (Å²) in [4.78, 5) is 28.1. The molecule has 1 heterocycles. The Morgan fingerprint density at radius 1 is 0.860 bits per heavy atom. The molecule has 1 aliphatic heterocycles. The van der Waals surface area contributed by atoms with E-state index in [1.54, 1.807) is 27.7 Å². The first-order valence-corrected chi connectivity index (χ1v) is 12.9. The third-order valence-corrected chi connectivity index (χ3v) is 6.68. The van der Waals surface area contributed by atoms with Gasteiger partial charge in [-0.3, -0.25) is 9.80 Å². The highest BCUT2D eigenvalue weighted by molar-refractivity contribution is 5.91. The first kappa shape index (κ1) is 33.8. The summed E-state index contributed by atoms with van der Waals surface area (Å²) in [6.45, 7) is 5.50. The number of hydrogen-bond acceptors (Lipinski definition) is 4. The molecule has 2 aromatic carbocycles. The van der Waals surface area contributed by atoms with Crippen LogP contribution in [0.25, 0.3) is 0 Å². The van der Waals surface area contributed by atoms with Gasteiger partial charge in [-0.1, -0.05) is 6.92 Å². The van der Waals surface area contributed by atoms with E-state index >= 15 is 0 Å². The minimum absolute atomic E-state index is 0.0701. The van der Waals surface area contributed by atoms with Crippen LogP contribution in [0.5, 0.6) is 0 Å². The third-order valence-electron chi connectivity index (χ3n) is 6.68. The van der Waals surface area contributed by atoms with Crippen LogP contribution in [0.15, 0.2) is 36.4 Å². The fourth-order valence-corrected chi connectivity index (χ4v) is 4.83. The number of halogens is 9. The van der Waals surface area contributed by atoms with E-state index in [0.29, 0.717) is 18.2 Å². The smallest absolute Gasteiger partial charge is 0.416 e. The molecule has 0 radical (unpaired) electrons. The lowest BCUT2D eigenvalue weighted by Crippen LogP contribution is -2.50. The van der Waals surface area contributed by atoms with Crippen molar-refractivity contribution in [2.24, 2.45) is 0 Å². The number of rotatable bonds is 4. The fourth-order valence-electron chi connectivity index (χ4n) is 4.83. The Bertz CT molecular complexity index is 1320. The van der Waals surface area contributed by atoms with Gasteiger partial charge in [0, 0.05) is 12.6 Å². The molecular formula is C28H29F9N2O4. The lowest BCUT2D eigenvalue weighted by molar-refractivity contribution is -0.143. The number of anilines is 1. The lowest BCUT2D eigenvalue weighted by Gasteiger charge is -2.44. The molecule has 0 aliphatic carbocycles. The molecule has 238 valence electrons. The van der Waals surface area contributed by atoms with E-state index < -0.39 is 77.2 Å². The van der Waals surface area contributed by atoms with Crippen LogP contribution in [0.4, 0.5) is 54.8 Å². The van der Waals surface area contributed by atoms with E-state index in [1.165, 1.54) is 0 Å². The van der Waals surface area contributed by atoms with E-state index in [2.05, 4.69) is 0 Å². The van der Waals surface area contributed by atoms with Crippen LogP contribution in [0.1, 0.15) is 74.4 Å². The largest absolute Gasteiger partial charge is 0.453 e. The highest BCUT2D eigenvalue weighted by atomic mass is 19.4. The zero-order valence-corrected chi connectivity index (χ0v) is 23.7. The van der Waals surface area contributed by atoms with E-state index in [1.807, 2.05) is 0 Å². The van der Waals surface area contributed by atoms with E-state index in [0.717, 1.165) is 29.0 Å². The van der Waals surface area contributed by atoms with Crippen LogP contribution in [0.2, 0.25) is 0 Å². The van der Waals surface area contributed by atoms with Gasteiger partial charge in [0.15, 0.2) is 0 Å². The van der Waals surface area contributed by atoms with Gasteiger partial charge in [0.2, 0.25) is 0 Å². The number of nitrogens with zero attached hydrogens (tertiary/aromatic N) is 2. The topological polar surface area (TPSA) is 59.1 Å². The first-order valence-electron chi connectivity index (χ1n) is 12.9. The molecule has 0 saturated heterocycles. The second-order valence-electron chi connectivity index (χ2n) is 10.9. The quantitative estimate of drug-likeness (QED) is 0.317. The van der Waals surface area contributed by atoms with Gasteiger partial charge in [0.25, 0.3) is 0 Å². The van der Waals surface area contributed by atoms with Gasteiger partial charge in [0.05, 0.1) is 35.5 Å². The van der Waals surface area contributed by atoms with Crippen LogP contribution >= 0.6 is 0 Å². The maximum Gasteiger partial charge on any atom is 0.416 e. The van der Waals surface area contributed by atoms with Crippen LogP contribution in [0.3, 0.4) is 0 Å². The molecule has 0 saturated carbocycles. The second kappa shape index (κ2) is 11.8. The summed E-state index contributed by atoms with van der Waals surface area (Å²) >= 11 is 0. The van der Waals surface area contributed by atoms with Crippen molar-refractivity contribution in [2.45, 2.75) is 83.3 Å². The molecule has 2 aromatic rings. The van der Waals surface area contributed by atoms with Gasteiger partial charge in [-0.05, 0) is 81.1 Å². The lowest BCUT2D eigenvalue weighted by atomic mass is 9.87. The van der Waals surface area contributed by atoms with Crippen LogP contribution in [0, 0.1) is 0 Å². The van der Waals surface area contributed by atoms with Crippen LogP contribution in [-0.4, -0.2) is 35.8 Å². The maximum atomic E-state index is 13.8. The van der Waals surface area contributed by atoms with Crippen molar-refractivity contribution in [3.8, 4) is 0 Å². The number of fused-ring (bicyclic) bond motifs is 1. The van der Waals surface area contributed by atoms with Crippen molar-refractivity contribution >= 4 is 17.9 Å². The van der Waals surface area contributed by atoms with Crippen molar-refractivity contribution in [3.05, 3.63) is 64.2 Å². The molecule has 6 nitrogen and oxygen atoms in total. The number of alkyl halides is 9. The molecule has 0 bridgehead atoms. The number of amides is 2. The highest BCUT2D eigenvalue weighted by Gasteiger charge is 2.44.